The zero-order chi connectivity index (χ0) is 11.7. The smallest absolute Gasteiger partial charge is 0.159 e. The third kappa shape index (κ3) is 2.40. The van der Waals surface area contributed by atoms with Crippen LogP contribution in [0.3, 0.4) is 0 Å². The Morgan fingerprint density at radius 2 is 2.06 bits per heavy atom. The second kappa shape index (κ2) is 4.50. The van der Waals surface area contributed by atoms with Crippen LogP contribution in [0.1, 0.15) is 25.8 Å². The van der Waals surface area contributed by atoms with Crippen molar-refractivity contribution in [1.29, 1.82) is 0 Å². The molecule has 1 nitrogen and oxygen atoms in total. The van der Waals surface area contributed by atoms with E-state index in [-0.39, 0.29) is 6.10 Å². The van der Waals surface area contributed by atoms with Gasteiger partial charge in [-0.2, -0.15) is 0 Å². The van der Waals surface area contributed by atoms with Crippen molar-refractivity contribution in [2.45, 2.75) is 38.9 Å². The topological polar surface area (TPSA) is 12.5 Å². The fourth-order valence-corrected chi connectivity index (χ4v) is 2.14. The van der Waals surface area contributed by atoms with Crippen LogP contribution in [0, 0.1) is 17.6 Å². The summed E-state index contributed by atoms with van der Waals surface area (Å²) >= 11 is 0. The third-order valence-electron chi connectivity index (χ3n) is 3.13. The Morgan fingerprint density at radius 1 is 1.31 bits per heavy atom. The minimum Gasteiger partial charge on any atom is -0.369 e. The van der Waals surface area contributed by atoms with Crippen LogP contribution in [0.15, 0.2) is 18.2 Å². The van der Waals surface area contributed by atoms with Gasteiger partial charge in [0.1, 0.15) is 0 Å². The van der Waals surface area contributed by atoms with Crippen molar-refractivity contribution in [1.82, 2.24) is 0 Å². The molecule has 1 aliphatic heterocycles. The summed E-state index contributed by atoms with van der Waals surface area (Å²) in [6.45, 7) is 4.18. The van der Waals surface area contributed by atoms with Gasteiger partial charge in [0.05, 0.1) is 12.2 Å². The lowest BCUT2D eigenvalue weighted by molar-refractivity contribution is 0.322. The lowest BCUT2D eigenvalue weighted by Crippen LogP contribution is -2.10. The molecule has 0 bridgehead atoms. The van der Waals surface area contributed by atoms with Gasteiger partial charge >= 0.3 is 0 Å². The first-order valence-corrected chi connectivity index (χ1v) is 5.71. The molecule has 0 spiro atoms. The molecule has 1 aromatic carbocycles. The molecule has 3 atom stereocenters. The molecule has 1 aromatic rings. The molecule has 1 aliphatic rings. The number of hydrogen-bond acceptors (Lipinski definition) is 1. The molecule has 0 radical (unpaired) electrons. The van der Waals surface area contributed by atoms with Crippen LogP contribution in [0.2, 0.25) is 0 Å². The largest absolute Gasteiger partial charge is 0.369 e. The summed E-state index contributed by atoms with van der Waals surface area (Å²) < 4.78 is 31.2. The maximum atomic E-state index is 13.0. The molecular formula is C13H16F2O. The molecule has 0 N–H and O–H groups in total. The molecule has 88 valence electrons. The maximum absolute atomic E-state index is 13.0. The first kappa shape index (κ1) is 11.5. The van der Waals surface area contributed by atoms with E-state index in [2.05, 4.69) is 13.8 Å². The summed E-state index contributed by atoms with van der Waals surface area (Å²) in [5.74, 6) is -1.20. The Morgan fingerprint density at radius 3 is 2.62 bits per heavy atom. The van der Waals surface area contributed by atoms with E-state index in [0.29, 0.717) is 12.0 Å². The van der Waals surface area contributed by atoms with Gasteiger partial charge in [-0.15, -0.1) is 0 Å². The molecule has 3 heteroatoms. The highest BCUT2D eigenvalue weighted by Gasteiger charge is 2.40. The van der Waals surface area contributed by atoms with E-state index < -0.39 is 11.6 Å². The second-order valence-corrected chi connectivity index (χ2v) is 4.48. The van der Waals surface area contributed by atoms with E-state index in [1.165, 1.54) is 12.1 Å². The van der Waals surface area contributed by atoms with Crippen molar-refractivity contribution in [2.24, 2.45) is 5.92 Å². The van der Waals surface area contributed by atoms with Crippen molar-refractivity contribution in [3.05, 3.63) is 35.4 Å². The number of epoxide rings is 1. The molecule has 0 aliphatic carbocycles. The predicted molar refractivity (Wildman–Crippen MR) is 58.2 cm³/mol. The summed E-state index contributed by atoms with van der Waals surface area (Å²) in [7, 11) is 0. The number of ether oxygens (including phenoxy) is 1. The van der Waals surface area contributed by atoms with Crippen molar-refractivity contribution in [3.63, 3.8) is 0 Å². The molecule has 16 heavy (non-hydrogen) atoms. The van der Waals surface area contributed by atoms with Crippen molar-refractivity contribution in [2.75, 3.05) is 0 Å². The van der Waals surface area contributed by atoms with E-state index >= 15 is 0 Å². The van der Waals surface area contributed by atoms with E-state index in [0.717, 1.165) is 18.4 Å². The molecule has 1 heterocycles. The van der Waals surface area contributed by atoms with E-state index in [1.807, 2.05) is 0 Å². The van der Waals surface area contributed by atoms with Gasteiger partial charge in [-0.05, 0) is 36.5 Å². The van der Waals surface area contributed by atoms with E-state index in [4.69, 9.17) is 4.74 Å². The van der Waals surface area contributed by atoms with Gasteiger partial charge in [-0.25, -0.2) is 8.78 Å². The average molecular weight is 226 g/mol. The monoisotopic (exact) mass is 226 g/mol. The Labute approximate surface area is 94.4 Å². The quantitative estimate of drug-likeness (QED) is 0.717. The van der Waals surface area contributed by atoms with Gasteiger partial charge in [-0.3, -0.25) is 0 Å². The van der Waals surface area contributed by atoms with E-state index in [9.17, 15) is 8.78 Å². The second-order valence-electron chi connectivity index (χ2n) is 4.48. The molecular weight excluding hydrogens is 210 g/mol. The van der Waals surface area contributed by atoms with Gasteiger partial charge in [0.25, 0.3) is 0 Å². The Bertz CT molecular complexity index is 378. The zero-order valence-electron chi connectivity index (χ0n) is 9.54. The number of halogens is 2. The first-order chi connectivity index (χ1) is 7.61. The molecule has 2 rings (SSSR count). The Balaban J connectivity index is 1.96. The molecule has 0 saturated carbocycles. The van der Waals surface area contributed by atoms with Gasteiger partial charge in [0.2, 0.25) is 0 Å². The van der Waals surface area contributed by atoms with Crippen LogP contribution in [0.4, 0.5) is 8.78 Å². The molecule has 1 saturated heterocycles. The highest BCUT2D eigenvalue weighted by molar-refractivity contribution is 5.18. The SMILES string of the molecule is CCC1OC1C(C)Cc1ccc(F)c(F)c1. The first-order valence-electron chi connectivity index (χ1n) is 5.71. The van der Waals surface area contributed by atoms with Gasteiger partial charge in [0, 0.05) is 0 Å². The number of rotatable bonds is 4. The summed E-state index contributed by atoms with van der Waals surface area (Å²) in [6, 6.07) is 4.09. The van der Waals surface area contributed by atoms with Gasteiger partial charge in [0.15, 0.2) is 11.6 Å². The molecule has 0 amide bonds. The van der Waals surface area contributed by atoms with Crippen molar-refractivity contribution >= 4 is 0 Å². The van der Waals surface area contributed by atoms with Crippen LogP contribution in [-0.2, 0) is 11.2 Å². The zero-order valence-corrected chi connectivity index (χ0v) is 9.54. The third-order valence-corrected chi connectivity index (χ3v) is 3.13. The van der Waals surface area contributed by atoms with Crippen LogP contribution >= 0.6 is 0 Å². The standard InChI is InChI=1S/C13H16F2O/c1-3-12-13(16-12)8(2)6-9-4-5-10(14)11(15)7-9/h4-5,7-8,12-13H,3,6H2,1-2H3. The maximum Gasteiger partial charge on any atom is 0.159 e. The van der Waals surface area contributed by atoms with Crippen LogP contribution in [0.5, 0.6) is 0 Å². The van der Waals surface area contributed by atoms with Crippen LogP contribution < -0.4 is 0 Å². The van der Waals surface area contributed by atoms with Crippen LogP contribution in [0.25, 0.3) is 0 Å². The average Bonchev–Trinajstić information content (AvgIpc) is 3.02. The Kier molecular flexibility index (Phi) is 3.24. The summed E-state index contributed by atoms with van der Waals surface area (Å²) in [4.78, 5) is 0. The normalized spacial score (nSPS) is 25.5. The fourth-order valence-electron chi connectivity index (χ4n) is 2.14. The van der Waals surface area contributed by atoms with E-state index in [1.54, 1.807) is 6.07 Å². The summed E-state index contributed by atoms with van der Waals surface area (Å²) in [5.41, 5.74) is 0.830. The highest BCUT2D eigenvalue weighted by atomic mass is 19.2. The minimum atomic E-state index is -0.787. The van der Waals surface area contributed by atoms with Gasteiger partial charge in [-0.1, -0.05) is 19.9 Å². The molecule has 1 fully saturated rings. The van der Waals surface area contributed by atoms with Crippen LogP contribution in [-0.4, -0.2) is 12.2 Å². The highest BCUT2D eigenvalue weighted by Crippen LogP contribution is 2.33. The fraction of sp³-hybridized carbons (Fsp3) is 0.538. The number of hydrogen-bond donors (Lipinski definition) is 0. The molecule has 0 aromatic heterocycles. The Hall–Kier alpha value is -0.960. The summed E-state index contributed by atoms with van der Waals surface area (Å²) in [6.07, 6.45) is 2.41. The molecule has 3 unspecified atom stereocenters. The lowest BCUT2D eigenvalue weighted by atomic mass is 9.96. The number of benzene rings is 1. The predicted octanol–water partition coefficient (Wildman–Crippen LogP) is 3.32. The summed E-state index contributed by atoms with van der Waals surface area (Å²) in [5, 5.41) is 0. The van der Waals surface area contributed by atoms with Crippen molar-refractivity contribution in [3.8, 4) is 0 Å². The minimum absolute atomic E-state index is 0.290. The van der Waals surface area contributed by atoms with Gasteiger partial charge < -0.3 is 4.74 Å². The lowest BCUT2D eigenvalue weighted by Gasteiger charge is -2.08. The van der Waals surface area contributed by atoms with Crippen molar-refractivity contribution < 1.29 is 13.5 Å².